The van der Waals surface area contributed by atoms with E-state index in [-0.39, 0.29) is 23.3 Å². The Balaban J connectivity index is 1.34. The van der Waals surface area contributed by atoms with Gasteiger partial charge in [0.15, 0.2) is 11.5 Å². The van der Waals surface area contributed by atoms with Crippen LogP contribution in [0.25, 0.3) is 0 Å². The second-order valence-corrected chi connectivity index (χ2v) is 12.0. The van der Waals surface area contributed by atoms with Crippen LogP contribution < -0.4 is 4.74 Å². The molecule has 1 aromatic rings. The summed E-state index contributed by atoms with van der Waals surface area (Å²) in [6.45, 7) is 3.79. The molecule has 1 aromatic carbocycles. The lowest BCUT2D eigenvalue weighted by Gasteiger charge is -2.70. The van der Waals surface area contributed by atoms with E-state index in [4.69, 9.17) is 9.47 Å². The summed E-state index contributed by atoms with van der Waals surface area (Å²) >= 11 is 0. The van der Waals surface area contributed by atoms with Gasteiger partial charge in [-0.15, -0.1) is 0 Å². The van der Waals surface area contributed by atoms with Gasteiger partial charge < -0.3 is 24.6 Å². The zero-order valence-electron chi connectivity index (χ0n) is 20.1. The predicted molar refractivity (Wildman–Crippen MR) is 125 cm³/mol. The van der Waals surface area contributed by atoms with Gasteiger partial charge in [0.05, 0.1) is 17.6 Å². The van der Waals surface area contributed by atoms with E-state index in [0.717, 1.165) is 69.8 Å². The lowest BCUT2D eigenvalue weighted by Crippen LogP contribution is -2.80. The molecule has 0 radical (unpaired) electrons. The summed E-state index contributed by atoms with van der Waals surface area (Å²) in [5, 5.41) is 23.6. The van der Waals surface area contributed by atoms with Crippen LogP contribution in [0.15, 0.2) is 12.1 Å². The first-order chi connectivity index (χ1) is 15.9. The molecule has 4 fully saturated rings. The molecule has 2 spiro atoms. The highest BCUT2D eigenvalue weighted by Gasteiger charge is 2.78. The Morgan fingerprint density at radius 2 is 2.03 bits per heavy atom. The zero-order valence-corrected chi connectivity index (χ0v) is 20.1. The van der Waals surface area contributed by atoms with Gasteiger partial charge in [-0.2, -0.15) is 0 Å². The maximum Gasteiger partial charge on any atom is 0.165 e. The van der Waals surface area contributed by atoms with Crippen LogP contribution in [-0.4, -0.2) is 84.2 Å². The number of benzene rings is 1. The molecule has 2 bridgehead atoms. The minimum Gasteiger partial charge on any atom is -0.504 e. The molecule has 2 N–H and O–H groups in total. The van der Waals surface area contributed by atoms with Crippen LogP contribution in [0.4, 0.5) is 0 Å². The fraction of sp³-hybridized carbons (Fsp3) is 0.778. The molecule has 3 saturated carbocycles. The Hall–Kier alpha value is -1.34. The molecule has 7 rings (SSSR count). The van der Waals surface area contributed by atoms with E-state index in [1.54, 1.807) is 7.11 Å². The maximum absolute atomic E-state index is 12.7. The molecule has 6 atom stereocenters. The number of fused-ring (bicyclic) bond motifs is 1. The van der Waals surface area contributed by atoms with E-state index in [2.05, 4.69) is 22.9 Å². The van der Waals surface area contributed by atoms with Crippen molar-refractivity contribution in [1.29, 1.82) is 0 Å². The Bertz CT molecular complexity index is 981. The Morgan fingerprint density at radius 1 is 1.18 bits per heavy atom. The third kappa shape index (κ3) is 2.49. The number of aliphatic hydroxyl groups is 1. The van der Waals surface area contributed by atoms with Crippen molar-refractivity contribution in [3.8, 4) is 11.5 Å². The number of piperidine rings is 1. The van der Waals surface area contributed by atoms with Gasteiger partial charge in [0.25, 0.3) is 0 Å². The van der Waals surface area contributed by atoms with Crippen molar-refractivity contribution in [1.82, 2.24) is 9.80 Å². The largest absolute Gasteiger partial charge is 0.504 e. The van der Waals surface area contributed by atoms with Gasteiger partial charge in [0.1, 0.15) is 6.10 Å². The topological polar surface area (TPSA) is 65.4 Å². The number of methoxy groups -OCH3 is 1. The van der Waals surface area contributed by atoms with Crippen molar-refractivity contribution in [2.75, 3.05) is 40.4 Å². The quantitative estimate of drug-likeness (QED) is 0.689. The highest BCUT2D eigenvalue weighted by molar-refractivity contribution is 5.63. The number of nitrogens with zero attached hydrogens (tertiary/aromatic N) is 2. The summed E-state index contributed by atoms with van der Waals surface area (Å²) in [5.74, 6) is 1.74. The number of likely N-dealkylation sites (N-methyl/N-ethyl adjacent to an activating group) is 1. The van der Waals surface area contributed by atoms with Gasteiger partial charge in [-0.3, -0.25) is 4.90 Å². The lowest BCUT2D eigenvalue weighted by atomic mass is 9.40. The molecule has 33 heavy (non-hydrogen) atoms. The van der Waals surface area contributed by atoms with Gasteiger partial charge in [-0.05, 0) is 82.5 Å². The van der Waals surface area contributed by atoms with Crippen molar-refractivity contribution in [3.05, 3.63) is 23.3 Å². The average Bonchev–Trinajstić information content (AvgIpc) is 3.52. The smallest absolute Gasteiger partial charge is 0.165 e. The molecule has 2 heterocycles. The maximum atomic E-state index is 12.7. The molecular formula is C27H38N2O4. The molecular weight excluding hydrogens is 416 g/mol. The van der Waals surface area contributed by atoms with E-state index < -0.39 is 11.0 Å². The molecule has 2 aliphatic heterocycles. The molecule has 0 amide bonds. The number of phenols is 1. The highest BCUT2D eigenvalue weighted by atomic mass is 16.5. The van der Waals surface area contributed by atoms with Crippen molar-refractivity contribution in [2.24, 2.45) is 11.3 Å². The SMILES string of the molecule is COCCN(C)[C@H]1CC[C@]12CC[C@@]1(O)[C@H]3Cc4ccc(O)c5c4[C@@]1(CCN3CC1CC1)[C@H]2O5. The molecule has 180 valence electrons. The fourth-order valence-corrected chi connectivity index (χ4v) is 8.93. The van der Waals surface area contributed by atoms with E-state index in [9.17, 15) is 10.2 Å². The van der Waals surface area contributed by atoms with Gasteiger partial charge in [0, 0.05) is 43.3 Å². The zero-order chi connectivity index (χ0) is 22.6. The van der Waals surface area contributed by atoms with Crippen LogP contribution in [-0.2, 0) is 16.6 Å². The molecule has 4 aliphatic carbocycles. The van der Waals surface area contributed by atoms with E-state index >= 15 is 0 Å². The monoisotopic (exact) mass is 454 g/mol. The number of aromatic hydroxyl groups is 1. The van der Waals surface area contributed by atoms with Crippen LogP contribution >= 0.6 is 0 Å². The number of phenolic OH excluding ortho intramolecular Hbond substituents is 1. The predicted octanol–water partition coefficient (Wildman–Crippen LogP) is 2.68. The van der Waals surface area contributed by atoms with Gasteiger partial charge in [-0.25, -0.2) is 0 Å². The van der Waals surface area contributed by atoms with Gasteiger partial charge in [-0.1, -0.05) is 6.07 Å². The van der Waals surface area contributed by atoms with Crippen LogP contribution in [0.5, 0.6) is 11.5 Å². The van der Waals surface area contributed by atoms with Crippen molar-refractivity contribution in [2.45, 2.75) is 80.6 Å². The van der Waals surface area contributed by atoms with E-state index in [1.165, 1.54) is 24.8 Å². The van der Waals surface area contributed by atoms with E-state index in [0.29, 0.717) is 11.8 Å². The molecule has 6 heteroatoms. The Kier molecular flexibility index (Phi) is 4.37. The molecule has 0 unspecified atom stereocenters. The summed E-state index contributed by atoms with van der Waals surface area (Å²) in [4.78, 5) is 5.08. The number of likely N-dealkylation sites (tertiary alicyclic amines) is 1. The summed E-state index contributed by atoms with van der Waals surface area (Å²) in [5.41, 5.74) is 1.28. The lowest BCUT2D eigenvalue weighted by molar-refractivity contribution is -0.244. The Labute approximate surface area is 196 Å². The van der Waals surface area contributed by atoms with Crippen LogP contribution in [0.3, 0.4) is 0 Å². The third-order valence-electron chi connectivity index (χ3n) is 10.7. The van der Waals surface area contributed by atoms with Crippen molar-refractivity contribution < 1.29 is 19.7 Å². The normalized spacial score (nSPS) is 42.8. The second kappa shape index (κ2) is 6.87. The molecule has 6 nitrogen and oxygen atoms in total. The Morgan fingerprint density at radius 3 is 2.76 bits per heavy atom. The standard InChI is InChI=1S/C27H38N2O4/c1-28(13-14-32-2)20-7-8-25(20)9-10-27(31)21-15-18-5-6-19(30)23-22(18)26(27,24(25)33-23)11-12-29(21)16-17-3-4-17/h5-6,17,20-21,24,30-31H,3-4,7-16H2,1-2H3/t20-,21+,24-,25-,26-,27+/m0/s1. The van der Waals surface area contributed by atoms with Crippen LogP contribution in [0.1, 0.15) is 56.1 Å². The van der Waals surface area contributed by atoms with Gasteiger partial charge in [0.2, 0.25) is 0 Å². The van der Waals surface area contributed by atoms with E-state index in [1.807, 2.05) is 6.07 Å². The van der Waals surface area contributed by atoms with Crippen molar-refractivity contribution in [3.63, 3.8) is 0 Å². The first-order valence-corrected chi connectivity index (χ1v) is 13.1. The number of rotatable bonds is 6. The van der Waals surface area contributed by atoms with Gasteiger partial charge >= 0.3 is 0 Å². The molecule has 6 aliphatic rings. The summed E-state index contributed by atoms with van der Waals surface area (Å²) in [6.07, 6.45) is 8.54. The summed E-state index contributed by atoms with van der Waals surface area (Å²) < 4.78 is 12.2. The van der Waals surface area contributed by atoms with Crippen LogP contribution in [0, 0.1) is 11.3 Å². The first kappa shape index (κ1) is 21.0. The second-order valence-electron chi connectivity index (χ2n) is 12.0. The minimum absolute atomic E-state index is 0.0258. The summed E-state index contributed by atoms with van der Waals surface area (Å²) in [7, 11) is 3.98. The molecule has 1 saturated heterocycles. The first-order valence-electron chi connectivity index (χ1n) is 13.1. The number of ether oxygens (including phenoxy) is 2. The highest BCUT2D eigenvalue weighted by Crippen LogP contribution is 2.72. The fourth-order valence-electron chi connectivity index (χ4n) is 8.93. The van der Waals surface area contributed by atoms with Crippen molar-refractivity contribution >= 4 is 0 Å². The molecule has 0 aromatic heterocycles. The average molecular weight is 455 g/mol. The summed E-state index contributed by atoms with van der Waals surface area (Å²) in [6, 6.07) is 4.52. The van der Waals surface area contributed by atoms with Crippen LogP contribution in [0.2, 0.25) is 0 Å². The third-order valence-corrected chi connectivity index (χ3v) is 10.7. The minimum atomic E-state index is -0.784. The number of hydrogen-bond acceptors (Lipinski definition) is 6. The number of hydrogen-bond donors (Lipinski definition) is 2.